The molecule has 5 nitrogen and oxygen atoms in total. The van der Waals surface area contributed by atoms with Crippen molar-refractivity contribution in [1.29, 1.82) is 0 Å². The minimum atomic E-state index is -0.828. The van der Waals surface area contributed by atoms with E-state index >= 15 is 0 Å². The van der Waals surface area contributed by atoms with Crippen LogP contribution in [0.4, 0.5) is 10.5 Å². The first kappa shape index (κ1) is 15.8. The average Bonchev–Trinajstić information content (AvgIpc) is 2.33. The van der Waals surface area contributed by atoms with Gasteiger partial charge < -0.3 is 15.7 Å². The molecule has 0 fully saturated rings. The van der Waals surface area contributed by atoms with Crippen LogP contribution < -0.4 is 10.6 Å². The van der Waals surface area contributed by atoms with Gasteiger partial charge in [-0.2, -0.15) is 0 Å². The highest BCUT2D eigenvalue weighted by Crippen LogP contribution is 2.25. The van der Waals surface area contributed by atoms with Gasteiger partial charge in [-0.3, -0.25) is 4.79 Å². The molecular weight excluding hydrogens is 336 g/mol. The number of halogens is 2. The molecule has 0 saturated carbocycles. The molecule has 19 heavy (non-hydrogen) atoms. The van der Waals surface area contributed by atoms with Gasteiger partial charge in [0.2, 0.25) is 0 Å². The molecule has 0 aliphatic rings. The van der Waals surface area contributed by atoms with Crippen LogP contribution in [0.3, 0.4) is 0 Å². The lowest BCUT2D eigenvalue weighted by Crippen LogP contribution is -2.29. The van der Waals surface area contributed by atoms with Gasteiger partial charge in [0.15, 0.2) is 0 Å². The third-order valence-corrected chi connectivity index (χ3v) is 3.10. The maximum absolute atomic E-state index is 11.6. The van der Waals surface area contributed by atoms with Crippen molar-refractivity contribution in [3.63, 3.8) is 0 Å². The second kappa shape index (κ2) is 8.01. The molecule has 3 N–H and O–H groups in total. The number of urea groups is 1. The fourth-order valence-electron chi connectivity index (χ4n) is 1.36. The largest absolute Gasteiger partial charge is 0.481 e. The summed E-state index contributed by atoms with van der Waals surface area (Å²) in [5.41, 5.74) is 0.513. The van der Waals surface area contributed by atoms with Crippen molar-refractivity contribution < 1.29 is 14.7 Å². The van der Waals surface area contributed by atoms with Crippen molar-refractivity contribution in [2.45, 2.75) is 19.3 Å². The van der Waals surface area contributed by atoms with Crippen LogP contribution in [0.1, 0.15) is 19.3 Å². The van der Waals surface area contributed by atoms with Crippen molar-refractivity contribution in [3.05, 3.63) is 27.7 Å². The number of carboxylic acids is 1. The highest BCUT2D eigenvalue weighted by atomic mass is 79.9. The number of unbranched alkanes of at least 4 members (excludes halogenated alkanes) is 1. The summed E-state index contributed by atoms with van der Waals surface area (Å²) in [7, 11) is 0. The van der Waals surface area contributed by atoms with Crippen LogP contribution in [-0.4, -0.2) is 23.7 Å². The lowest BCUT2D eigenvalue weighted by molar-refractivity contribution is -0.137. The van der Waals surface area contributed by atoms with Gasteiger partial charge in [0, 0.05) is 17.4 Å². The van der Waals surface area contributed by atoms with E-state index < -0.39 is 5.97 Å². The van der Waals surface area contributed by atoms with Gasteiger partial charge in [0.25, 0.3) is 0 Å². The van der Waals surface area contributed by atoms with E-state index in [0.717, 1.165) is 4.47 Å². The molecule has 0 aliphatic carbocycles. The Morgan fingerprint density at radius 2 is 2.05 bits per heavy atom. The first-order valence-electron chi connectivity index (χ1n) is 5.70. The van der Waals surface area contributed by atoms with Gasteiger partial charge in [-0.15, -0.1) is 0 Å². The zero-order valence-electron chi connectivity index (χ0n) is 10.1. The minimum Gasteiger partial charge on any atom is -0.481 e. The highest BCUT2D eigenvalue weighted by Gasteiger charge is 2.05. The lowest BCUT2D eigenvalue weighted by Gasteiger charge is -2.09. The van der Waals surface area contributed by atoms with Crippen molar-refractivity contribution >= 4 is 45.2 Å². The molecule has 1 rings (SSSR count). The molecular formula is C12H14BrClN2O3. The zero-order chi connectivity index (χ0) is 14.3. The Bertz CT molecular complexity index is 468. The Morgan fingerprint density at radius 3 is 2.74 bits per heavy atom. The second-order valence-electron chi connectivity index (χ2n) is 3.86. The molecule has 104 valence electrons. The maximum atomic E-state index is 11.6. The number of anilines is 1. The zero-order valence-corrected chi connectivity index (χ0v) is 12.4. The molecule has 0 aliphatic heterocycles. The summed E-state index contributed by atoms with van der Waals surface area (Å²) < 4.78 is 0.814. The Hall–Kier alpha value is -1.27. The quantitative estimate of drug-likeness (QED) is 0.688. The first-order valence-corrected chi connectivity index (χ1v) is 6.88. The first-order chi connectivity index (χ1) is 8.99. The monoisotopic (exact) mass is 348 g/mol. The minimum absolute atomic E-state index is 0.112. The van der Waals surface area contributed by atoms with Gasteiger partial charge in [-0.05, 0) is 31.0 Å². The highest BCUT2D eigenvalue weighted by molar-refractivity contribution is 9.10. The smallest absolute Gasteiger partial charge is 0.319 e. The van der Waals surface area contributed by atoms with Crippen LogP contribution in [0.25, 0.3) is 0 Å². The predicted octanol–water partition coefficient (Wildman–Crippen LogP) is 3.48. The molecule has 2 amide bonds. The van der Waals surface area contributed by atoms with Crippen molar-refractivity contribution in [2.75, 3.05) is 11.9 Å². The molecule has 0 radical (unpaired) electrons. The number of hydrogen-bond donors (Lipinski definition) is 3. The number of nitrogens with one attached hydrogen (secondary N) is 2. The molecule has 0 spiro atoms. The number of amides is 2. The number of carbonyl (C=O) groups is 2. The van der Waals surface area contributed by atoms with E-state index in [-0.39, 0.29) is 12.5 Å². The van der Waals surface area contributed by atoms with Crippen LogP contribution in [0.5, 0.6) is 0 Å². The number of benzene rings is 1. The van der Waals surface area contributed by atoms with E-state index in [1.807, 2.05) is 0 Å². The van der Waals surface area contributed by atoms with Crippen LogP contribution in [0.2, 0.25) is 5.02 Å². The van der Waals surface area contributed by atoms with Crippen LogP contribution in [0.15, 0.2) is 22.7 Å². The summed E-state index contributed by atoms with van der Waals surface area (Å²) >= 11 is 9.22. The third-order valence-electron chi connectivity index (χ3n) is 2.28. The summed E-state index contributed by atoms with van der Waals surface area (Å²) in [4.78, 5) is 21.8. The third kappa shape index (κ3) is 6.45. The van der Waals surface area contributed by atoms with E-state index in [9.17, 15) is 9.59 Å². The SMILES string of the molecule is O=C(O)CCCCNC(=O)Nc1cc(Br)ccc1Cl. The molecule has 0 unspecified atom stereocenters. The molecule has 0 bridgehead atoms. The number of aliphatic carboxylic acids is 1. The normalized spacial score (nSPS) is 10.0. The predicted molar refractivity (Wildman–Crippen MR) is 77.7 cm³/mol. The van der Waals surface area contributed by atoms with Gasteiger partial charge in [0.1, 0.15) is 0 Å². The van der Waals surface area contributed by atoms with Gasteiger partial charge in [0.05, 0.1) is 10.7 Å². The van der Waals surface area contributed by atoms with Crippen molar-refractivity contribution in [1.82, 2.24) is 5.32 Å². The molecule has 1 aromatic carbocycles. The average molecular weight is 350 g/mol. The van der Waals surface area contributed by atoms with E-state index in [2.05, 4.69) is 26.6 Å². The fraction of sp³-hybridized carbons (Fsp3) is 0.333. The number of hydrogen-bond acceptors (Lipinski definition) is 2. The topological polar surface area (TPSA) is 78.4 Å². The molecule has 0 aromatic heterocycles. The van der Waals surface area contributed by atoms with Crippen molar-refractivity contribution in [2.24, 2.45) is 0 Å². The number of carbonyl (C=O) groups excluding carboxylic acids is 1. The van der Waals surface area contributed by atoms with Crippen LogP contribution in [-0.2, 0) is 4.79 Å². The van der Waals surface area contributed by atoms with Gasteiger partial charge in [-0.25, -0.2) is 4.79 Å². The molecule has 0 atom stereocenters. The van der Waals surface area contributed by atoms with E-state index in [1.165, 1.54) is 0 Å². The summed E-state index contributed by atoms with van der Waals surface area (Å²) in [5.74, 6) is -0.828. The van der Waals surface area contributed by atoms with Crippen LogP contribution in [0, 0.1) is 0 Å². The lowest BCUT2D eigenvalue weighted by atomic mass is 10.2. The Balaban J connectivity index is 2.31. The summed E-state index contributed by atoms with van der Waals surface area (Å²) in [6.45, 7) is 0.421. The summed E-state index contributed by atoms with van der Waals surface area (Å²) in [6, 6.07) is 4.79. The summed E-state index contributed by atoms with van der Waals surface area (Å²) in [6.07, 6.45) is 1.26. The van der Waals surface area contributed by atoms with E-state index in [0.29, 0.717) is 30.1 Å². The summed E-state index contributed by atoms with van der Waals surface area (Å²) in [5, 5.41) is 14.2. The number of carboxylic acid groups (broad SMARTS) is 1. The van der Waals surface area contributed by atoms with Gasteiger partial charge >= 0.3 is 12.0 Å². The molecule has 1 aromatic rings. The Labute approximate surface area is 124 Å². The standard InChI is InChI=1S/C12H14BrClN2O3/c13-8-4-5-9(14)10(7-8)16-12(19)15-6-2-1-3-11(17)18/h4-5,7H,1-3,6H2,(H,17,18)(H2,15,16,19). The van der Waals surface area contributed by atoms with Crippen LogP contribution >= 0.6 is 27.5 Å². The Kier molecular flexibility index (Phi) is 6.66. The molecule has 7 heteroatoms. The number of rotatable bonds is 6. The fourth-order valence-corrected chi connectivity index (χ4v) is 1.89. The van der Waals surface area contributed by atoms with E-state index in [4.69, 9.17) is 16.7 Å². The second-order valence-corrected chi connectivity index (χ2v) is 5.18. The Morgan fingerprint density at radius 1 is 1.32 bits per heavy atom. The van der Waals surface area contributed by atoms with Crippen molar-refractivity contribution in [3.8, 4) is 0 Å². The van der Waals surface area contributed by atoms with Gasteiger partial charge in [-0.1, -0.05) is 27.5 Å². The molecule has 0 heterocycles. The molecule has 0 saturated heterocycles. The maximum Gasteiger partial charge on any atom is 0.319 e. The van der Waals surface area contributed by atoms with E-state index in [1.54, 1.807) is 18.2 Å².